The van der Waals surface area contributed by atoms with Crippen LogP contribution in [-0.2, 0) is 17.9 Å². The summed E-state index contributed by atoms with van der Waals surface area (Å²) in [6.45, 7) is 4.95. The van der Waals surface area contributed by atoms with Crippen molar-refractivity contribution in [2.45, 2.75) is 32.9 Å². The molecule has 4 rings (SSSR count). The SMILES string of the molecule is COc1ccc(-c2nc(CN3CCC(C(=O)NCc4cccnc4)CC3)c(C)o2)cc1. The summed E-state index contributed by atoms with van der Waals surface area (Å²) in [6, 6.07) is 11.5. The minimum absolute atomic E-state index is 0.0567. The molecule has 1 fully saturated rings. The van der Waals surface area contributed by atoms with Crippen LogP contribution in [0.4, 0.5) is 0 Å². The zero-order valence-electron chi connectivity index (χ0n) is 18.0. The van der Waals surface area contributed by atoms with E-state index < -0.39 is 0 Å². The molecule has 31 heavy (non-hydrogen) atoms. The fourth-order valence-electron chi connectivity index (χ4n) is 3.83. The maximum atomic E-state index is 12.5. The average molecular weight is 421 g/mol. The summed E-state index contributed by atoms with van der Waals surface area (Å²) in [5.41, 5.74) is 2.90. The Hall–Kier alpha value is -3.19. The molecule has 1 saturated heterocycles. The van der Waals surface area contributed by atoms with E-state index in [9.17, 15) is 4.79 Å². The number of rotatable bonds is 7. The Balaban J connectivity index is 1.28. The number of amides is 1. The van der Waals surface area contributed by atoms with Gasteiger partial charge in [-0.3, -0.25) is 14.7 Å². The predicted molar refractivity (Wildman–Crippen MR) is 117 cm³/mol. The van der Waals surface area contributed by atoms with Crippen LogP contribution in [0.2, 0.25) is 0 Å². The zero-order chi connectivity index (χ0) is 21.6. The van der Waals surface area contributed by atoms with Gasteiger partial charge in [-0.05, 0) is 68.8 Å². The van der Waals surface area contributed by atoms with Gasteiger partial charge in [0.2, 0.25) is 11.8 Å². The number of benzene rings is 1. The number of ether oxygens (including phenoxy) is 1. The topological polar surface area (TPSA) is 80.5 Å². The van der Waals surface area contributed by atoms with Crippen LogP contribution in [0, 0.1) is 12.8 Å². The van der Waals surface area contributed by atoms with Crippen LogP contribution in [0.1, 0.15) is 29.9 Å². The van der Waals surface area contributed by atoms with Gasteiger partial charge in [-0.25, -0.2) is 4.98 Å². The quantitative estimate of drug-likeness (QED) is 0.629. The minimum Gasteiger partial charge on any atom is -0.497 e. The molecule has 0 spiro atoms. The van der Waals surface area contributed by atoms with E-state index in [1.807, 2.05) is 43.3 Å². The number of carbonyl (C=O) groups is 1. The first kappa shape index (κ1) is 21.1. The van der Waals surface area contributed by atoms with Crippen LogP contribution < -0.4 is 10.1 Å². The summed E-state index contributed by atoms with van der Waals surface area (Å²) in [4.78, 5) is 23.6. The number of aromatic nitrogens is 2. The van der Waals surface area contributed by atoms with Gasteiger partial charge in [0.15, 0.2) is 0 Å². The van der Waals surface area contributed by atoms with Crippen molar-refractivity contribution in [1.82, 2.24) is 20.2 Å². The second-order valence-corrected chi connectivity index (χ2v) is 7.88. The molecule has 0 bridgehead atoms. The number of pyridine rings is 1. The van der Waals surface area contributed by atoms with Gasteiger partial charge in [0.25, 0.3) is 0 Å². The van der Waals surface area contributed by atoms with E-state index in [0.29, 0.717) is 12.4 Å². The number of methoxy groups -OCH3 is 1. The summed E-state index contributed by atoms with van der Waals surface area (Å²) >= 11 is 0. The van der Waals surface area contributed by atoms with Crippen molar-refractivity contribution in [2.24, 2.45) is 5.92 Å². The van der Waals surface area contributed by atoms with Crippen LogP contribution in [0.15, 0.2) is 53.2 Å². The van der Waals surface area contributed by atoms with E-state index in [2.05, 4.69) is 15.2 Å². The van der Waals surface area contributed by atoms with Crippen molar-refractivity contribution in [2.75, 3.05) is 20.2 Å². The third kappa shape index (κ3) is 5.30. The minimum atomic E-state index is 0.0567. The molecule has 3 aromatic rings. The number of piperidine rings is 1. The number of hydrogen-bond acceptors (Lipinski definition) is 6. The normalized spacial score (nSPS) is 15.0. The first-order valence-corrected chi connectivity index (χ1v) is 10.6. The summed E-state index contributed by atoms with van der Waals surface area (Å²) < 4.78 is 11.1. The molecule has 1 amide bonds. The van der Waals surface area contributed by atoms with Gasteiger partial charge < -0.3 is 14.5 Å². The number of carbonyl (C=O) groups excluding carboxylic acids is 1. The van der Waals surface area contributed by atoms with Crippen LogP contribution >= 0.6 is 0 Å². The molecule has 1 aromatic carbocycles. The van der Waals surface area contributed by atoms with Gasteiger partial charge in [-0.15, -0.1) is 0 Å². The van der Waals surface area contributed by atoms with Crippen LogP contribution in [0.3, 0.4) is 0 Å². The molecule has 7 nitrogen and oxygen atoms in total. The van der Waals surface area contributed by atoms with Crippen molar-refractivity contribution < 1.29 is 13.9 Å². The highest BCUT2D eigenvalue weighted by atomic mass is 16.5. The Labute approximate surface area is 182 Å². The molecule has 2 aromatic heterocycles. The van der Waals surface area contributed by atoms with E-state index in [1.54, 1.807) is 19.5 Å². The maximum absolute atomic E-state index is 12.5. The van der Waals surface area contributed by atoms with E-state index in [1.165, 1.54) is 0 Å². The highest BCUT2D eigenvalue weighted by Crippen LogP contribution is 2.26. The van der Waals surface area contributed by atoms with Crippen LogP contribution in [0.5, 0.6) is 5.75 Å². The number of nitrogens with zero attached hydrogens (tertiary/aromatic N) is 3. The summed E-state index contributed by atoms with van der Waals surface area (Å²) in [5.74, 6) is 2.45. The first-order valence-electron chi connectivity index (χ1n) is 10.6. The highest BCUT2D eigenvalue weighted by molar-refractivity contribution is 5.78. The molecule has 1 N–H and O–H groups in total. The second-order valence-electron chi connectivity index (χ2n) is 7.88. The Morgan fingerprint density at radius 1 is 1.23 bits per heavy atom. The third-order valence-electron chi connectivity index (χ3n) is 5.75. The molecular formula is C24H28N4O3. The molecule has 3 heterocycles. The molecular weight excluding hydrogens is 392 g/mol. The van der Waals surface area contributed by atoms with Crippen LogP contribution in [-0.4, -0.2) is 41.0 Å². The Kier molecular flexibility index (Phi) is 6.62. The lowest BCUT2D eigenvalue weighted by molar-refractivity contribution is -0.126. The van der Waals surface area contributed by atoms with Crippen molar-refractivity contribution >= 4 is 5.91 Å². The van der Waals surface area contributed by atoms with Crippen molar-refractivity contribution in [3.63, 3.8) is 0 Å². The van der Waals surface area contributed by atoms with Gasteiger partial charge in [-0.2, -0.15) is 0 Å². The van der Waals surface area contributed by atoms with Crippen molar-refractivity contribution in [3.05, 3.63) is 65.8 Å². The van der Waals surface area contributed by atoms with Gasteiger partial charge in [0.05, 0.1) is 12.8 Å². The fourth-order valence-corrected chi connectivity index (χ4v) is 3.83. The molecule has 0 aliphatic carbocycles. The first-order chi connectivity index (χ1) is 15.1. The molecule has 0 atom stereocenters. The smallest absolute Gasteiger partial charge is 0.226 e. The Morgan fingerprint density at radius 3 is 2.68 bits per heavy atom. The summed E-state index contributed by atoms with van der Waals surface area (Å²) in [5, 5.41) is 3.04. The molecule has 162 valence electrons. The molecule has 0 saturated carbocycles. The van der Waals surface area contributed by atoms with Crippen molar-refractivity contribution in [3.8, 4) is 17.2 Å². The number of nitrogens with one attached hydrogen (secondary N) is 1. The highest BCUT2D eigenvalue weighted by Gasteiger charge is 2.26. The molecule has 0 radical (unpaired) electrons. The van der Waals surface area contributed by atoms with Gasteiger partial charge in [0, 0.05) is 37.0 Å². The lowest BCUT2D eigenvalue weighted by Gasteiger charge is -2.30. The fraction of sp³-hybridized carbons (Fsp3) is 0.375. The number of hydrogen-bond donors (Lipinski definition) is 1. The van der Waals surface area contributed by atoms with Gasteiger partial charge in [-0.1, -0.05) is 6.07 Å². The van der Waals surface area contributed by atoms with E-state index in [4.69, 9.17) is 14.1 Å². The maximum Gasteiger partial charge on any atom is 0.226 e. The summed E-state index contributed by atoms with van der Waals surface area (Å²) in [7, 11) is 1.65. The molecule has 1 aliphatic heterocycles. The van der Waals surface area contributed by atoms with Gasteiger partial charge >= 0.3 is 0 Å². The number of oxazole rings is 1. The second kappa shape index (κ2) is 9.75. The number of likely N-dealkylation sites (tertiary alicyclic amines) is 1. The predicted octanol–water partition coefficient (Wildman–Crippen LogP) is 3.58. The monoisotopic (exact) mass is 420 g/mol. The van der Waals surface area contributed by atoms with Gasteiger partial charge in [0.1, 0.15) is 11.5 Å². The van der Waals surface area contributed by atoms with Crippen LogP contribution in [0.25, 0.3) is 11.5 Å². The van der Waals surface area contributed by atoms with E-state index in [-0.39, 0.29) is 11.8 Å². The standard InChI is InChI=1S/C24H28N4O3/c1-17-22(27-24(31-17)20-5-7-21(30-2)8-6-20)16-28-12-9-19(10-13-28)23(29)26-15-18-4-3-11-25-14-18/h3-8,11,14,19H,9-10,12-13,15-16H2,1-2H3,(H,26,29). The summed E-state index contributed by atoms with van der Waals surface area (Å²) in [6.07, 6.45) is 5.21. The molecule has 0 unspecified atom stereocenters. The molecule has 7 heteroatoms. The van der Waals surface area contributed by atoms with Crippen molar-refractivity contribution in [1.29, 1.82) is 0 Å². The molecule has 1 aliphatic rings. The van der Waals surface area contributed by atoms with E-state index >= 15 is 0 Å². The zero-order valence-corrected chi connectivity index (χ0v) is 18.0. The number of aryl methyl sites for hydroxylation is 1. The lowest BCUT2D eigenvalue weighted by Crippen LogP contribution is -2.40. The third-order valence-corrected chi connectivity index (χ3v) is 5.75. The Morgan fingerprint density at radius 2 is 2.00 bits per heavy atom. The largest absolute Gasteiger partial charge is 0.497 e. The van der Waals surface area contributed by atoms with E-state index in [0.717, 1.165) is 60.8 Å². The lowest BCUT2D eigenvalue weighted by atomic mass is 9.95. The Bertz CT molecular complexity index is 993. The average Bonchev–Trinajstić information content (AvgIpc) is 3.18.